The predicted molar refractivity (Wildman–Crippen MR) is 50.1 cm³/mol. The minimum Gasteiger partial charge on any atom is -0.356 e. The van der Waals surface area contributed by atoms with E-state index >= 15 is 0 Å². The molecule has 0 spiro atoms. The first-order chi connectivity index (χ1) is 5.70. The van der Waals surface area contributed by atoms with Crippen LogP contribution >= 0.6 is 15.9 Å². The van der Waals surface area contributed by atoms with Crippen molar-refractivity contribution >= 4 is 27.7 Å². The van der Waals surface area contributed by atoms with Gasteiger partial charge in [0.25, 0.3) is 0 Å². The zero-order chi connectivity index (χ0) is 9.40. The fourth-order valence-corrected chi connectivity index (χ4v) is 0.847. The summed E-state index contributed by atoms with van der Waals surface area (Å²) in [6, 6.07) is 0. The Labute approximate surface area is 80.2 Å². The molecule has 0 saturated heterocycles. The minimum absolute atomic E-state index is 0.0348. The molecule has 0 unspecified atom stereocenters. The van der Waals surface area contributed by atoms with Crippen LogP contribution in [0.3, 0.4) is 0 Å². The summed E-state index contributed by atoms with van der Waals surface area (Å²) in [7, 11) is 0. The van der Waals surface area contributed by atoms with E-state index in [1.807, 2.05) is 6.92 Å². The standard InChI is InChI=1S/C7H13BrN2O2/c1-2-9-6(11)3-4-10-7(12)5-8/h2-5H2,1H3,(H,9,11)(H,10,12). The summed E-state index contributed by atoms with van der Waals surface area (Å²) >= 11 is 3.00. The molecule has 0 rings (SSSR count). The number of rotatable bonds is 5. The molecule has 70 valence electrons. The minimum atomic E-state index is -0.0979. The molecule has 2 amide bonds. The Balaban J connectivity index is 3.30. The van der Waals surface area contributed by atoms with E-state index in [-0.39, 0.29) is 17.1 Å². The van der Waals surface area contributed by atoms with E-state index in [0.29, 0.717) is 19.5 Å². The lowest BCUT2D eigenvalue weighted by molar-refractivity contribution is -0.121. The zero-order valence-corrected chi connectivity index (χ0v) is 8.61. The first-order valence-corrected chi connectivity index (χ1v) is 4.92. The van der Waals surface area contributed by atoms with Gasteiger partial charge < -0.3 is 10.6 Å². The number of hydrogen-bond donors (Lipinski definition) is 2. The molecule has 12 heavy (non-hydrogen) atoms. The third-order valence-electron chi connectivity index (χ3n) is 1.17. The lowest BCUT2D eigenvalue weighted by atomic mass is 10.4. The number of hydrogen-bond acceptors (Lipinski definition) is 2. The second kappa shape index (κ2) is 7.09. The van der Waals surface area contributed by atoms with Gasteiger partial charge in [-0.15, -0.1) is 0 Å². The maximum Gasteiger partial charge on any atom is 0.230 e. The SMILES string of the molecule is CCNC(=O)CCNC(=O)CBr. The molecule has 2 N–H and O–H groups in total. The summed E-state index contributed by atoms with van der Waals surface area (Å²) < 4.78 is 0. The fourth-order valence-electron chi connectivity index (χ4n) is 0.648. The van der Waals surface area contributed by atoms with Gasteiger partial charge in [0, 0.05) is 19.5 Å². The van der Waals surface area contributed by atoms with Gasteiger partial charge >= 0.3 is 0 Å². The Hall–Kier alpha value is -0.580. The molecule has 0 radical (unpaired) electrons. The van der Waals surface area contributed by atoms with Crippen molar-refractivity contribution in [2.24, 2.45) is 0 Å². The normalized spacial score (nSPS) is 9.17. The van der Waals surface area contributed by atoms with Crippen molar-refractivity contribution in [1.29, 1.82) is 0 Å². The van der Waals surface area contributed by atoms with Gasteiger partial charge in [0.1, 0.15) is 0 Å². The third-order valence-corrected chi connectivity index (χ3v) is 1.68. The highest BCUT2D eigenvalue weighted by molar-refractivity contribution is 9.09. The first kappa shape index (κ1) is 11.4. The molecule has 5 heteroatoms. The van der Waals surface area contributed by atoms with Crippen LogP contribution in [0.5, 0.6) is 0 Å². The monoisotopic (exact) mass is 236 g/mol. The number of alkyl halides is 1. The van der Waals surface area contributed by atoms with Gasteiger partial charge in [-0.2, -0.15) is 0 Å². The van der Waals surface area contributed by atoms with E-state index in [4.69, 9.17) is 0 Å². The van der Waals surface area contributed by atoms with Crippen LogP contribution in [-0.4, -0.2) is 30.2 Å². The van der Waals surface area contributed by atoms with Crippen molar-refractivity contribution in [2.45, 2.75) is 13.3 Å². The second-order valence-electron chi connectivity index (χ2n) is 2.19. The summed E-state index contributed by atoms with van der Waals surface area (Å²) in [6.45, 7) is 2.89. The van der Waals surface area contributed by atoms with Gasteiger partial charge in [-0.3, -0.25) is 9.59 Å². The molecule has 0 fully saturated rings. The van der Waals surface area contributed by atoms with Gasteiger partial charge in [-0.25, -0.2) is 0 Å². The largest absolute Gasteiger partial charge is 0.356 e. The summed E-state index contributed by atoms with van der Waals surface area (Å²) in [6.07, 6.45) is 0.340. The van der Waals surface area contributed by atoms with Crippen molar-refractivity contribution in [3.63, 3.8) is 0 Å². The predicted octanol–water partition coefficient (Wildman–Crippen LogP) is 0.0237. The Bertz CT molecular complexity index is 161. The molecular weight excluding hydrogens is 224 g/mol. The summed E-state index contributed by atoms with van der Waals surface area (Å²) in [5, 5.41) is 5.49. The molecule has 0 bridgehead atoms. The summed E-state index contributed by atoms with van der Waals surface area (Å²) in [5.74, 6) is -0.133. The first-order valence-electron chi connectivity index (χ1n) is 3.80. The molecule has 0 aromatic rings. The molecule has 0 aromatic heterocycles. The quantitative estimate of drug-likeness (QED) is 0.662. The summed E-state index contributed by atoms with van der Waals surface area (Å²) in [4.78, 5) is 21.5. The van der Waals surface area contributed by atoms with Crippen LogP contribution in [0, 0.1) is 0 Å². The number of amides is 2. The summed E-state index contributed by atoms with van der Waals surface area (Å²) in [5.41, 5.74) is 0. The van der Waals surface area contributed by atoms with Crippen LogP contribution in [0.4, 0.5) is 0 Å². The molecule has 4 nitrogen and oxygen atoms in total. The van der Waals surface area contributed by atoms with Gasteiger partial charge in [-0.05, 0) is 6.92 Å². The maximum atomic E-state index is 10.8. The number of carbonyl (C=O) groups excluding carboxylic acids is 2. The maximum absolute atomic E-state index is 10.8. The lowest BCUT2D eigenvalue weighted by Crippen LogP contribution is -2.30. The Morgan fingerprint density at radius 1 is 1.25 bits per heavy atom. The van der Waals surface area contributed by atoms with Crippen LogP contribution in [0.2, 0.25) is 0 Å². The third kappa shape index (κ3) is 6.15. The average Bonchev–Trinajstić information content (AvgIpc) is 2.04. The van der Waals surface area contributed by atoms with Crippen LogP contribution in [0.25, 0.3) is 0 Å². The number of halogens is 1. The molecule has 0 saturated carbocycles. The highest BCUT2D eigenvalue weighted by atomic mass is 79.9. The molecule has 0 aliphatic rings. The van der Waals surface area contributed by atoms with Crippen molar-refractivity contribution in [3.8, 4) is 0 Å². The van der Waals surface area contributed by atoms with E-state index in [2.05, 4.69) is 26.6 Å². The van der Waals surface area contributed by atoms with Crippen molar-refractivity contribution in [2.75, 3.05) is 18.4 Å². The van der Waals surface area contributed by atoms with Crippen LogP contribution in [-0.2, 0) is 9.59 Å². The number of carbonyl (C=O) groups is 2. The van der Waals surface area contributed by atoms with Crippen molar-refractivity contribution < 1.29 is 9.59 Å². The Morgan fingerprint density at radius 2 is 1.92 bits per heavy atom. The molecular formula is C7H13BrN2O2. The molecule has 0 atom stereocenters. The van der Waals surface area contributed by atoms with Crippen molar-refractivity contribution in [1.82, 2.24) is 10.6 Å². The van der Waals surface area contributed by atoms with Crippen LogP contribution < -0.4 is 10.6 Å². The fraction of sp³-hybridized carbons (Fsp3) is 0.714. The van der Waals surface area contributed by atoms with Crippen molar-refractivity contribution in [3.05, 3.63) is 0 Å². The van der Waals surface area contributed by atoms with E-state index in [1.165, 1.54) is 0 Å². The molecule has 0 aliphatic carbocycles. The molecule has 0 aromatic carbocycles. The highest BCUT2D eigenvalue weighted by Crippen LogP contribution is 1.80. The van der Waals surface area contributed by atoms with Gasteiger partial charge in [-0.1, -0.05) is 15.9 Å². The van der Waals surface area contributed by atoms with Gasteiger partial charge in [0.15, 0.2) is 0 Å². The van der Waals surface area contributed by atoms with E-state index in [0.717, 1.165) is 0 Å². The lowest BCUT2D eigenvalue weighted by Gasteiger charge is -2.02. The second-order valence-corrected chi connectivity index (χ2v) is 2.75. The topological polar surface area (TPSA) is 58.2 Å². The zero-order valence-electron chi connectivity index (χ0n) is 7.02. The van der Waals surface area contributed by atoms with Gasteiger partial charge in [0.05, 0.1) is 5.33 Å². The molecule has 0 heterocycles. The molecule has 0 aliphatic heterocycles. The van der Waals surface area contributed by atoms with Crippen LogP contribution in [0.1, 0.15) is 13.3 Å². The highest BCUT2D eigenvalue weighted by Gasteiger charge is 2.00. The van der Waals surface area contributed by atoms with E-state index in [9.17, 15) is 9.59 Å². The Morgan fingerprint density at radius 3 is 2.42 bits per heavy atom. The number of nitrogens with one attached hydrogen (secondary N) is 2. The van der Waals surface area contributed by atoms with E-state index in [1.54, 1.807) is 0 Å². The smallest absolute Gasteiger partial charge is 0.230 e. The van der Waals surface area contributed by atoms with Gasteiger partial charge in [0.2, 0.25) is 11.8 Å². The van der Waals surface area contributed by atoms with E-state index < -0.39 is 0 Å². The Kier molecular flexibility index (Phi) is 6.75. The van der Waals surface area contributed by atoms with Crippen LogP contribution in [0.15, 0.2) is 0 Å². The average molecular weight is 237 g/mol.